The second-order valence-electron chi connectivity index (χ2n) is 2.56. The van der Waals surface area contributed by atoms with Gasteiger partial charge in [-0.2, -0.15) is 0 Å². The summed E-state index contributed by atoms with van der Waals surface area (Å²) in [6, 6.07) is 10.2. The summed E-state index contributed by atoms with van der Waals surface area (Å²) in [4.78, 5) is 4.25. The number of hydrogen-bond acceptors (Lipinski definition) is 2. The smallest absolute Gasteiger partial charge is 0.0984 e. The fraction of sp³-hybridized carbons (Fsp3) is 0.300. The van der Waals surface area contributed by atoms with Crippen LogP contribution in [-0.2, 0) is 0 Å². The first-order chi connectivity index (χ1) is 6.24. The zero-order valence-corrected chi connectivity index (χ0v) is 10.1. The number of alkyl halides is 1. The van der Waals surface area contributed by atoms with Crippen LogP contribution in [0.2, 0.25) is 0 Å². The molecule has 1 aromatic carbocycles. The molecule has 0 bridgehead atoms. The lowest BCUT2D eigenvalue weighted by Gasteiger charge is -2.06. The van der Waals surface area contributed by atoms with E-state index in [9.17, 15) is 0 Å². The zero-order chi connectivity index (χ0) is 9.68. The Labute approximate surface area is 91.8 Å². The van der Waals surface area contributed by atoms with E-state index in [1.54, 1.807) is 11.8 Å². The van der Waals surface area contributed by atoms with Crippen LogP contribution in [0.15, 0.2) is 35.3 Å². The number of benzene rings is 1. The molecule has 1 aromatic rings. The molecular weight excluding hydrogens is 246 g/mol. The second-order valence-corrected chi connectivity index (χ2v) is 5.86. The van der Waals surface area contributed by atoms with Gasteiger partial charge in [0, 0.05) is 12.6 Å². The van der Waals surface area contributed by atoms with Gasteiger partial charge in [-0.05, 0) is 6.92 Å². The monoisotopic (exact) mass is 257 g/mol. The van der Waals surface area contributed by atoms with Crippen molar-refractivity contribution in [3.05, 3.63) is 35.9 Å². The molecule has 0 radical (unpaired) electrons. The van der Waals surface area contributed by atoms with Gasteiger partial charge in [-0.1, -0.05) is 58.0 Å². The average molecular weight is 258 g/mol. The first kappa shape index (κ1) is 10.8. The fourth-order valence-electron chi connectivity index (χ4n) is 0.984. The van der Waals surface area contributed by atoms with Crippen molar-refractivity contribution in [1.82, 2.24) is 0 Å². The first-order valence-corrected chi connectivity index (χ1v) is 5.86. The molecule has 0 heterocycles. The summed E-state index contributed by atoms with van der Waals surface area (Å²) in [5.74, 6) is 0. The van der Waals surface area contributed by atoms with E-state index in [4.69, 9.17) is 0 Å². The summed E-state index contributed by atoms with van der Waals surface area (Å²) in [5, 5.41) is 1.07. The van der Waals surface area contributed by atoms with Crippen LogP contribution in [-0.4, -0.2) is 16.3 Å². The molecule has 0 aromatic heterocycles. The molecule has 1 atom stereocenters. The second kappa shape index (κ2) is 5.45. The Balaban J connectivity index is 2.80. The molecule has 3 heteroatoms. The van der Waals surface area contributed by atoms with Gasteiger partial charge in [0.15, 0.2) is 0 Å². The molecule has 0 saturated heterocycles. The van der Waals surface area contributed by atoms with E-state index in [-0.39, 0.29) is 0 Å². The average Bonchev–Trinajstić information content (AvgIpc) is 2.15. The molecule has 1 unspecified atom stereocenters. The Hall–Kier alpha value is -0.280. The highest BCUT2D eigenvalue weighted by Crippen LogP contribution is 2.22. The molecule has 1 rings (SSSR count). The zero-order valence-electron chi connectivity index (χ0n) is 7.70. The minimum atomic E-state index is 0.395. The third kappa shape index (κ3) is 3.53. The SMILES string of the molecule is CN=C(SC(C)Br)c1ccccc1. The molecule has 0 aliphatic rings. The van der Waals surface area contributed by atoms with Crippen molar-refractivity contribution in [2.75, 3.05) is 7.05 Å². The molecule has 0 spiro atoms. The number of thioether (sulfide) groups is 1. The van der Waals surface area contributed by atoms with Crippen molar-refractivity contribution in [1.29, 1.82) is 0 Å². The van der Waals surface area contributed by atoms with Gasteiger partial charge in [-0.25, -0.2) is 0 Å². The van der Waals surface area contributed by atoms with Crippen LogP contribution >= 0.6 is 27.7 Å². The molecule has 1 nitrogen and oxygen atoms in total. The van der Waals surface area contributed by atoms with Gasteiger partial charge in [0.1, 0.15) is 0 Å². The largest absolute Gasteiger partial charge is 0.281 e. The lowest BCUT2D eigenvalue weighted by molar-refractivity contribution is 1.43. The van der Waals surface area contributed by atoms with E-state index in [0.29, 0.717) is 4.16 Å². The number of hydrogen-bond donors (Lipinski definition) is 0. The van der Waals surface area contributed by atoms with Crippen LogP contribution in [0.5, 0.6) is 0 Å². The van der Waals surface area contributed by atoms with Gasteiger partial charge < -0.3 is 0 Å². The third-order valence-electron chi connectivity index (χ3n) is 1.50. The van der Waals surface area contributed by atoms with Crippen LogP contribution in [0.1, 0.15) is 12.5 Å². The topological polar surface area (TPSA) is 12.4 Å². The van der Waals surface area contributed by atoms with Gasteiger partial charge in [-0.15, -0.1) is 0 Å². The lowest BCUT2D eigenvalue weighted by atomic mass is 10.2. The maximum Gasteiger partial charge on any atom is 0.0984 e. The van der Waals surface area contributed by atoms with E-state index < -0.39 is 0 Å². The van der Waals surface area contributed by atoms with E-state index in [1.807, 2.05) is 25.2 Å². The Morgan fingerprint density at radius 2 is 2.00 bits per heavy atom. The van der Waals surface area contributed by atoms with Crippen molar-refractivity contribution in [3.63, 3.8) is 0 Å². The van der Waals surface area contributed by atoms with Gasteiger partial charge in [0.25, 0.3) is 0 Å². The van der Waals surface area contributed by atoms with Crippen LogP contribution in [0.3, 0.4) is 0 Å². The van der Waals surface area contributed by atoms with E-state index in [1.165, 1.54) is 5.56 Å². The lowest BCUT2D eigenvalue weighted by Crippen LogP contribution is -1.98. The van der Waals surface area contributed by atoms with E-state index in [0.717, 1.165) is 5.04 Å². The van der Waals surface area contributed by atoms with E-state index in [2.05, 4.69) is 40.0 Å². The number of nitrogens with zero attached hydrogens (tertiary/aromatic N) is 1. The van der Waals surface area contributed by atoms with E-state index >= 15 is 0 Å². The maximum absolute atomic E-state index is 4.25. The minimum absolute atomic E-state index is 0.395. The summed E-state index contributed by atoms with van der Waals surface area (Å²) in [6.07, 6.45) is 0. The highest BCUT2D eigenvalue weighted by molar-refractivity contribution is 9.11. The van der Waals surface area contributed by atoms with Crippen molar-refractivity contribution in [2.24, 2.45) is 4.99 Å². The van der Waals surface area contributed by atoms with Crippen LogP contribution in [0.25, 0.3) is 0 Å². The minimum Gasteiger partial charge on any atom is -0.281 e. The molecule has 0 aliphatic carbocycles. The first-order valence-electron chi connectivity index (χ1n) is 4.07. The third-order valence-corrected chi connectivity index (χ3v) is 3.02. The summed E-state index contributed by atoms with van der Waals surface area (Å²) in [6.45, 7) is 2.10. The van der Waals surface area contributed by atoms with Crippen molar-refractivity contribution >= 4 is 32.7 Å². The Morgan fingerprint density at radius 3 is 2.46 bits per heavy atom. The van der Waals surface area contributed by atoms with Gasteiger partial charge in [0.05, 0.1) is 9.20 Å². The summed E-state index contributed by atoms with van der Waals surface area (Å²) >= 11 is 5.21. The molecule has 13 heavy (non-hydrogen) atoms. The fourth-order valence-corrected chi connectivity index (χ4v) is 2.20. The molecule has 0 N–H and O–H groups in total. The molecular formula is C10H12BrNS. The maximum atomic E-state index is 4.25. The summed E-state index contributed by atoms with van der Waals surface area (Å²) in [5.41, 5.74) is 1.18. The number of aliphatic imine (C=N–C) groups is 1. The van der Waals surface area contributed by atoms with Crippen molar-refractivity contribution in [2.45, 2.75) is 11.1 Å². The van der Waals surface area contributed by atoms with Crippen molar-refractivity contribution < 1.29 is 0 Å². The Bertz CT molecular complexity index is 282. The molecule has 0 amide bonds. The predicted octanol–water partition coefficient (Wildman–Crippen LogP) is 3.54. The van der Waals surface area contributed by atoms with Gasteiger partial charge >= 0.3 is 0 Å². The summed E-state index contributed by atoms with van der Waals surface area (Å²) in [7, 11) is 1.82. The highest BCUT2D eigenvalue weighted by Gasteiger charge is 2.05. The number of halogens is 1. The molecule has 0 saturated carbocycles. The summed E-state index contributed by atoms with van der Waals surface area (Å²) < 4.78 is 0.395. The number of rotatable bonds is 2. The normalized spacial score (nSPS) is 14.2. The van der Waals surface area contributed by atoms with Crippen LogP contribution < -0.4 is 0 Å². The van der Waals surface area contributed by atoms with Gasteiger partial charge in [-0.3, -0.25) is 4.99 Å². The van der Waals surface area contributed by atoms with Crippen molar-refractivity contribution in [3.8, 4) is 0 Å². The molecule has 0 fully saturated rings. The standard InChI is InChI=1S/C10H12BrNS/c1-8(11)13-10(12-2)9-6-4-3-5-7-9/h3-8H,1-2H3. The van der Waals surface area contributed by atoms with Crippen LogP contribution in [0.4, 0.5) is 0 Å². The Kier molecular flexibility index (Phi) is 4.53. The highest BCUT2D eigenvalue weighted by atomic mass is 79.9. The molecule has 70 valence electrons. The van der Waals surface area contributed by atoms with Crippen LogP contribution in [0, 0.1) is 0 Å². The quantitative estimate of drug-likeness (QED) is 0.449. The van der Waals surface area contributed by atoms with Gasteiger partial charge in [0.2, 0.25) is 0 Å². The molecule has 0 aliphatic heterocycles. The Morgan fingerprint density at radius 1 is 1.38 bits per heavy atom. The predicted molar refractivity (Wildman–Crippen MR) is 64.9 cm³/mol.